The normalized spacial score (nSPS) is 9.44. The van der Waals surface area contributed by atoms with Crippen LogP contribution in [0.1, 0.15) is 6.42 Å². The summed E-state index contributed by atoms with van der Waals surface area (Å²) >= 11 is 6.37. The molecule has 0 aliphatic rings. The molecule has 0 bridgehead atoms. The number of halogens is 2. The number of carbonyl (C=O) groups is 2. The van der Waals surface area contributed by atoms with E-state index in [4.69, 9.17) is 5.73 Å². The SMILES string of the molecule is Nc1nc(NC(=O)CC(=O)C#P=O)c(Br)cc1Br. The van der Waals surface area contributed by atoms with Gasteiger partial charge in [-0.2, -0.15) is 0 Å². The number of hydrogen-bond acceptors (Lipinski definition) is 5. The van der Waals surface area contributed by atoms with Gasteiger partial charge in [-0.05, 0) is 0 Å². The van der Waals surface area contributed by atoms with Crippen LogP contribution in [0.4, 0.5) is 11.6 Å². The number of hydrogen-bond donors (Lipinski definition) is 2. The van der Waals surface area contributed by atoms with E-state index in [-0.39, 0.29) is 11.6 Å². The Morgan fingerprint density at radius 2 is 2.11 bits per heavy atom. The van der Waals surface area contributed by atoms with E-state index in [1.54, 1.807) is 6.07 Å². The number of nitrogens with one attached hydrogen (secondary N) is 1. The third kappa shape index (κ3) is 4.38. The van der Waals surface area contributed by atoms with E-state index in [0.29, 0.717) is 8.95 Å². The van der Waals surface area contributed by atoms with E-state index < -0.39 is 26.0 Å². The molecule has 0 unspecified atom stereocenters. The van der Waals surface area contributed by atoms with Gasteiger partial charge in [0.2, 0.25) is 0 Å². The van der Waals surface area contributed by atoms with Crippen molar-refractivity contribution in [1.29, 1.82) is 0 Å². The predicted molar refractivity (Wildman–Crippen MR) is 73.8 cm³/mol. The average Bonchev–Trinajstić information content (AvgIpc) is 2.26. The summed E-state index contributed by atoms with van der Waals surface area (Å²) in [6.45, 7) is 0. The molecule has 9 heteroatoms. The summed E-state index contributed by atoms with van der Waals surface area (Å²) in [6, 6.07) is 1.62. The first-order valence-corrected chi connectivity index (χ1v) is 6.86. The molecular formula is C9H6Br2N3O3P. The molecule has 94 valence electrons. The topological polar surface area (TPSA) is 102 Å². The molecule has 0 radical (unpaired) electrons. The number of nitrogens with two attached hydrogens (primary N) is 1. The zero-order chi connectivity index (χ0) is 13.7. The molecule has 0 spiro atoms. The van der Waals surface area contributed by atoms with Crippen molar-refractivity contribution in [1.82, 2.24) is 4.98 Å². The Morgan fingerprint density at radius 3 is 2.72 bits per heavy atom. The van der Waals surface area contributed by atoms with E-state index in [2.05, 4.69) is 42.2 Å². The maximum atomic E-state index is 11.5. The van der Waals surface area contributed by atoms with Crippen LogP contribution in [-0.4, -0.2) is 16.7 Å². The molecule has 0 aromatic carbocycles. The molecule has 6 nitrogen and oxygen atoms in total. The van der Waals surface area contributed by atoms with Crippen molar-refractivity contribution in [2.75, 3.05) is 11.1 Å². The zero-order valence-corrected chi connectivity index (χ0v) is 12.8. The predicted octanol–water partition coefficient (Wildman–Crippen LogP) is 2.34. The summed E-state index contributed by atoms with van der Waals surface area (Å²) in [4.78, 5) is 26.4. The Bertz CT molecular complexity index is 615. The molecule has 0 aliphatic carbocycles. The second-order valence-electron chi connectivity index (χ2n) is 3.04. The first kappa shape index (κ1) is 15.1. The molecule has 0 saturated carbocycles. The van der Waals surface area contributed by atoms with Crippen LogP contribution >= 0.6 is 39.8 Å². The van der Waals surface area contributed by atoms with Crippen LogP contribution in [0, 0.1) is 5.63 Å². The minimum atomic E-state index is -0.662. The monoisotopic (exact) mass is 393 g/mol. The summed E-state index contributed by atoms with van der Waals surface area (Å²) in [5.41, 5.74) is 7.51. The Kier molecular flexibility index (Phi) is 5.75. The van der Waals surface area contributed by atoms with Crippen LogP contribution in [0.5, 0.6) is 0 Å². The van der Waals surface area contributed by atoms with E-state index in [1.807, 2.05) is 5.63 Å². The molecule has 0 fully saturated rings. The first-order valence-electron chi connectivity index (χ1n) is 4.46. The number of amides is 1. The zero-order valence-electron chi connectivity index (χ0n) is 8.74. The number of nitrogen functional groups attached to an aromatic ring is 1. The van der Waals surface area contributed by atoms with Gasteiger partial charge >= 0.3 is 120 Å². The third-order valence-corrected chi connectivity index (χ3v) is 3.29. The van der Waals surface area contributed by atoms with Crippen LogP contribution in [0.2, 0.25) is 0 Å². The van der Waals surface area contributed by atoms with Crippen LogP contribution in [0.25, 0.3) is 0 Å². The van der Waals surface area contributed by atoms with Gasteiger partial charge in [0.25, 0.3) is 0 Å². The summed E-state index contributed by atoms with van der Waals surface area (Å²) in [5.74, 6) is -0.847. The van der Waals surface area contributed by atoms with Crippen LogP contribution in [0.15, 0.2) is 15.0 Å². The molecule has 18 heavy (non-hydrogen) atoms. The van der Waals surface area contributed by atoms with Crippen molar-refractivity contribution in [3.8, 4) is 5.63 Å². The minimum absolute atomic E-state index is 0.202. The van der Waals surface area contributed by atoms with Crippen molar-refractivity contribution in [2.45, 2.75) is 6.42 Å². The van der Waals surface area contributed by atoms with Gasteiger partial charge in [-0.15, -0.1) is 0 Å². The van der Waals surface area contributed by atoms with Crippen LogP contribution < -0.4 is 11.1 Å². The van der Waals surface area contributed by atoms with Gasteiger partial charge in [0.05, 0.1) is 0 Å². The van der Waals surface area contributed by atoms with Crippen LogP contribution in [0.3, 0.4) is 0 Å². The number of ketones is 1. The summed E-state index contributed by atoms with van der Waals surface area (Å²) < 4.78 is 11.2. The van der Waals surface area contributed by atoms with Crippen molar-refractivity contribution < 1.29 is 14.2 Å². The number of rotatable bonds is 3. The Balaban J connectivity index is 2.81. The molecule has 1 rings (SSSR count). The van der Waals surface area contributed by atoms with Crippen molar-refractivity contribution in [3.05, 3.63) is 15.0 Å². The number of Topliss-reactive ketones (excluding diaryl/α,β-unsaturated/α-hetero) is 1. The van der Waals surface area contributed by atoms with E-state index in [9.17, 15) is 14.2 Å². The Hall–Kier alpha value is -0.940. The van der Waals surface area contributed by atoms with Gasteiger partial charge in [-0.1, -0.05) is 0 Å². The van der Waals surface area contributed by atoms with Gasteiger partial charge in [0.1, 0.15) is 0 Å². The van der Waals surface area contributed by atoms with E-state index in [0.717, 1.165) is 0 Å². The van der Waals surface area contributed by atoms with Gasteiger partial charge in [-0.25, -0.2) is 0 Å². The average molecular weight is 395 g/mol. The second-order valence-corrected chi connectivity index (χ2v) is 5.15. The molecule has 1 aromatic heterocycles. The van der Waals surface area contributed by atoms with Gasteiger partial charge in [-0.3, -0.25) is 0 Å². The molecule has 0 saturated heterocycles. The number of nitrogens with zero attached hydrogens (tertiary/aromatic N) is 1. The summed E-state index contributed by atoms with van der Waals surface area (Å²) in [6.07, 6.45) is -0.459. The number of carbonyl (C=O) groups excluding carboxylic acids is 2. The first-order chi connectivity index (χ1) is 8.43. The molecule has 1 heterocycles. The molecule has 0 aliphatic heterocycles. The van der Waals surface area contributed by atoms with E-state index >= 15 is 0 Å². The Labute approximate surface area is 120 Å². The Morgan fingerprint density at radius 1 is 1.44 bits per heavy atom. The number of pyridine rings is 1. The fraction of sp³-hybridized carbons (Fsp3) is 0.111. The molecule has 1 aromatic rings. The van der Waals surface area contributed by atoms with E-state index in [1.165, 1.54) is 0 Å². The van der Waals surface area contributed by atoms with Crippen LogP contribution in [-0.2, 0) is 14.2 Å². The third-order valence-electron chi connectivity index (χ3n) is 1.71. The van der Waals surface area contributed by atoms with Gasteiger partial charge < -0.3 is 0 Å². The maximum absolute atomic E-state index is 11.5. The van der Waals surface area contributed by atoms with Crippen molar-refractivity contribution in [2.24, 2.45) is 0 Å². The van der Waals surface area contributed by atoms with Gasteiger partial charge in [0, 0.05) is 0 Å². The fourth-order valence-corrected chi connectivity index (χ4v) is 2.20. The number of anilines is 2. The van der Waals surface area contributed by atoms with Crippen molar-refractivity contribution >= 4 is 63.1 Å². The number of aromatic nitrogens is 1. The molecule has 0 atom stereocenters. The summed E-state index contributed by atoms with van der Waals surface area (Å²) in [5, 5.41) is 2.40. The van der Waals surface area contributed by atoms with Crippen molar-refractivity contribution in [3.63, 3.8) is 0 Å². The molecule has 3 N–H and O–H groups in total. The summed E-state index contributed by atoms with van der Waals surface area (Å²) in [7, 11) is -0.548. The quantitative estimate of drug-likeness (QED) is 0.605. The standard InChI is InChI=1S/C9H6Br2N3O3P/c10-5-2-6(11)9(14-8(5)12)13-7(16)1-4(15)3-18-17/h2H,1H2,(H3,12,13,14,16). The molecular weight excluding hydrogens is 389 g/mol. The molecule has 1 amide bonds. The second kappa shape index (κ2) is 6.85. The van der Waals surface area contributed by atoms with Gasteiger partial charge in [0.15, 0.2) is 0 Å². The fourth-order valence-electron chi connectivity index (χ4n) is 0.981.